The number of nitrogens with one attached hydrogen (secondary N) is 1. The van der Waals surface area contributed by atoms with Gasteiger partial charge in [-0.2, -0.15) is 0 Å². The number of carbonyl (C=O) groups is 1. The molecule has 0 radical (unpaired) electrons. The van der Waals surface area contributed by atoms with E-state index in [0.717, 1.165) is 53.4 Å². The molecule has 0 atom stereocenters. The van der Waals surface area contributed by atoms with E-state index in [2.05, 4.69) is 35.4 Å². The van der Waals surface area contributed by atoms with E-state index in [-0.39, 0.29) is 12.1 Å². The Bertz CT molecular complexity index is 1080. The maximum Gasteiger partial charge on any atom is 0.322 e. The molecular formula is C24H25Cl2N3O. The Morgan fingerprint density at radius 3 is 2.50 bits per heavy atom. The van der Waals surface area contributed by atoms with E-state index in [1.807, 2.05) is 24.0 Å². The Labute approximate surface area is 187 Å². The van der Waals surface area contributed by atoms with Gasteiger partial charge in [0.05, 0.1) is 12.1 Å². The maximum atomic E-state index is 13.2. The second-order valence-electron chi connectivity index (χ2n) is 8.10. The van der Waals surface area contributed by atoms with Crippen LogP contribution in [-0.4, -0.2) is 22.0 Å². The summed E-state index contributed by atoms with van der Waals surface area (Å²) in [5, 5.41) is 5.15. The third kappa shape index (κ3) is 4.55. The molecule has 30 heavy (non-hydrogen) atoms. The van der Waals surface area contributed by atoms with Crippen LogP contribution in [0.4, 0.5) is 10.5 Å². The highest BCUT2D eigenvalue weighted by molar-refractivity contribution is 6.31. The van der Waals surface area contributed by atoms with Crippen LogP contribution in [-0.2, 0) is 6.54 Å². The Kier molecular flexibility index (Phi) is 6.16. The predicted molar refractivity (Wildman–Crippen MR) is 124 cm³/mol. The van der Waals surface area contributed by atoms with Crippen LogP contribution in [0.3, 0.4) is 0 Å². The first-order valence-corrected chi connectivity index (χ1v) is 11.1. The van der Waals surface area contributed by atoms with Gasteiger partial charge in [-0.1, -0.05) is 47.7 Å². The SMILES string of the molecule is Cc1cc(C)c2nc(Cl)c(CN(C(=O)Nc3ccc(Cl)cc3)C3CCCC3)cc2c1. The summed E-state index contributed by atoms with van der Waals surface area (Å²) in [6.45, 7) is 4.55. The molecule has 156 valence electrons. The molecule has 1 heterocycles. The average Bonchev–Trinajstić information content (AvgIpc) is 3.23. The van der Waals surface area contributed by atoms with E-state index in [4.69, 9.17) is 23.2 Å². The summed E-state index contributed by atoms with van der Waals surface area (Å²) in [5.41, 5.74) is 4.79. The molecule has 0 saturated heterocycles. The van der Waals surface area contributed by atoms with Crippen molar-refractivity contribution >= 4 is 45.8 Å². The molecule has 1 fully saturated rings. The summed E-state index contributed by atoms with van der Waals surface area (Å²) in [6, 6.07) is 13.5. The van der Waals surface area contributed by atoms with Gasteiger partial charge in [-0.05, 0) is 68.7 Å². The number of aromatic nitrogens is 1. The number of halogens is 2. The summed E-state index contributed by atoms with van der Waals surface area (Å²) >= 11 is 12.5. The number of hydrogen-bond acceptors (Lipinski definition) is 2. The molecule has 4 nitrogen and oxygen atoms in total. The zero-order valence-electron chi connectivity index (χ0n) is 17.2. The number of rotatable bonds is 4. The first-order chi connectivity index (χ1) is 14.4. The van der Waals surface area contributed by atoms with Gasteiger partial charge in [0, 0.05) is 27.7 Å². The van der Waals surface area contributed by atoms with Gasteiger partial charge in [0.25, 0.3) is 0 Å². The molecule has 0 bridgehead atoms. The Morgan fingerprint density at radius 2 is 1.80 bits per heavy atom. The zero-order valence-corrected chi connectivity index (χ0v) is 18.7. The van der Waals surface area contributed by atoms with Gasteiger partial charge >= 0.3 is 6.03 Å². The van der Waals surface area contributed by atoms with Crippen molar-refractivity contribution < 1.29 is 4.79 Å². The minimum Gasteiger partial charge on any atom is -0.317 e. The van der Waals surface area contributed by atoms with Crippen molar-refractivity contribution in [1.29, 1.82) is 0 Å². The number of hydrogen-bond donors (Lipinski definition) is 1. The molecule has 0 unspecified atom stereocenters. The van der Waals surface area contributed by atoms with Gasteiger partial charge < -0.3 is 10.2 Å². The van der Waals surface area contributed by atoms with Crippen molar-refractivity contribution in [1.82, 2.24) is 9.88 Å². The van der Waals surface area contributed by atoms with Crippen LogP contribution in [0.1, 0.15) is 42.4 Å². The fourth-order valence-electron chi connectivity index (χ4n) is 4.28. The molecule has 3 aromatic rings. The van der Waals surface area contributed by atoms with Crippen LogP contribution in [0.15, 0.2) is 42.5 Å². The molecule has 1 aromatic heterocycles. The lowest BCUT2D eigenvalue weighted by Crippen LogP contribution is -2.41. The summed E-state index contributed by atoms with van der Waals surface area (Å²) in [4.78, 5) is 19.7. The molecule has 4 rings (SSSR count). The second-order valence-corrected chi connectivity index (χ2v) is 8.89. The quantitative estimate of drug-likeness (QED) is 0.437. The zero-order chi connectivity index (χ0) is 21.3. The smallest absolute Gasteiger partial charge is 0.317 e. The highest BCUT2D eigenvalue weighted by atomic mass is 35.5. The highest BCUT2D eigenvalue weighted by Gasteiger charge is 2.28. The number of carbonyl (C=O) groups excluding carboxylic acids is 1. The Balaban J connectivity index is 1.64. The van der Waals surface area contributed by atoms with E-state index in [1.54, 1.807) is 12.1 Å². The maximum absolute atomic E-state index is 13.2. The number of urea groups is 1. The van der Waals surface area contributed by atoms with Crippen LogP contribution >= 0.6 is 23.2 Å². The van der Waals surface area contributed by atoms with Crippen LogP contribution in [0, 0.1) is 13.8 Å². The normalized spacial score (nSPS) is 14.3. The number of anilines is 1. The fraction of sp³-hybridized carbons (Fsp3) is 0.333. The third-order valence-corrected chi connectivity index (χ3v) is 6.32. The molecular weight excluding hydrogens is 417 g/mol. The number of aryl methyl sites for hydroxylation is 2. The van der Waals surface area contributed by atoms with Crippen LogP contribution in [0.5, 0.6) is 0 Å². The van der Waals surface area contributed by atoms with Crippen molar-refractivity contribution in [2.24, 2.45) is 0 Å². The summed E-state index contributed by atoms with van der Waals surface area (Å²) in [7, 11) is 0. The minimum absolute atomic E-state index is 0.124. The standard InChI is InChI=1S/C24H25Cl2N3O/c1-15-11-16(2)22-17(12-15)13-18(23(26)28-22)14-29(21-5-3-4-6-21)24(30)27-20-9-7-19(25)8-10-20/h7-13,21H,3-6,14H2,1-2H3,(H,27,30). The van der Waals surface area contributed by atoms with E-state index in [9.17, 15) is 4.79 Å². The van der Waals surface area contributed by atoms with Gasteiger partial charge in [0.1, 0.15) is 5.15 Å². The van der Waals surface area contributed by atoms with Gasteiger partial charge in [0.15, 0.2) is 0 Å². The minimum atomic E-state index is -0.124. The van der Waals surface area contributed by atoms with Crippen molar-refractivity contribution in [3.8, 4) is 0 Å². The summed E-state index contributed by atoms with van der Waals surface area (Å²) in [6.07, 6.45) is 4.28. The Hall–Kier alpha value is -2.30. The number of amides is 2. The predicted octanol–water partition coefficient (Wildman–Crippen LogP) is 7.14. The first-order valence-electron chi connectivity index (χ1n) is 10.3. The van der Waals surface area contributed by atoms with Crippen molar-refractivity contribution in [3.05, 3.63) is 69.3 Å². The topological polar surface area (TPSA) is 45.2 Å². The summed E-state index contributed by atoms with van der Waals surface area (Å²) < 4.78 is 0. The molecule has 1 saturated carbocycles. The van der Waals surface area contributed by atoms with Gasteiger partial charge in [-0.15, -0.1) is 0 Å². The largest absolute Gasteiger partial charge is 0.322 e. The lowest BCUT2D eigenvalue weighted by molar-refractivity contribution is 0.184. The Morgan fingerprint density at radius 1 is 1.10 bits per heavy atom. The van der Waals surface area contributed by atoms with Crippen molar-refractivity contribution in [2.75, 3.05) is 5.32 Å². The molecule has 6 heteroatoms. The molecule has 2 aromatic carbocycles. The van der Waals surface area contributed by atoms with E-state index in [0.29, 0.717) is 16.7 Å². The van der Waals surface area contributed by atoms with Gasteiger partial charge in [0.2, 0.25) is 0 Å². The molecule has 0 aliphatic heterocycles. The fourth-order valence-corrected chi connectivity index (χ4v) is 4.60. The van der Waals surface area contributed by atoms with Crippen LogP contribution in [0.2, 0.25) is 10.2 Å². The van der Waals surface area contributed by atoms with Gasteiger partial charge in [-0.3, -0.25) is 0 Å². The molecule has 1 aliphatic rings. The lowest BCUT2D eigenvalue weighted by Gasteiger charge is -2.29. The first kappa shape index (κ1) is 21.0. The lowest BCUT2D eigenvalue weighted by atomic mass is 10.0. The van der Waals surface area contributed by atoms with E-state index < -0.39 is 0 Å². The van der Waals surface area contributed by atoms with Crippen LogP contribution in [0.25, 0.3) is 10.9 Å². The van der Waals surface area contributed by atoms with E-state index >= 15 is 0 Å². The van der Waals surface area contributed by atoms with E-state index in [1.165, 1.54) is 5.56 Å². The number of pyridine rings is 1. The second kappa shape index (κ2) is 8.83. The molecule has 0 spiro atoms. The summed E-state index contributed by atoms with van der Waals surface area (Å²) in [5.74, 6) is 0. The van der Waals surface area contributed by atoms with Gasteiger partial charge in [-0.25, -0.2) is 9.78 Å². The number of nitrogens with zero attached hydrogens (tertiary/aromatic N) is 2. The average molecular weight is 442 g/mol. The van der Waals surface area contributed by atoms with Crippen LogP contribution < -0.4 is 5.32 Å². The molecule has 2 amide bonds. The molecule has 1 N–H and O–H groups in total. The van der Waals surface area contributed by atoms with Crippen molar-refractivity contribution in [2.45, 2.75) is 52.1 Å². The number of fused-ring (bicyclic) bond motifs is 1. The van der Waals surface area contributed by atoms with Crippen molar-refractivity contribution in [3.63, 3.8) is 0 Å². The molecule has 1 aliphatic carbocycles. The monoisotopic (exact) mass is 441 g/mol. The third-order valence-electron chi connectivity index (χ3n) is 5.74. The number of benzene rings is 2. The highest BCUT2D eigenvalue weighted by Crippen LogP contribution is 2.30.